The van der Waals surface area contributed by atoms with Crippen molar-refractivity contribution in [1.82, 2.24) is 10.3 Å². The molecule has 0 radical (unpaired) electrons. The van der Waals surface area contributed by atoms with E-state index in [2.05, 4.69) is 18.3 Å². The van der Waals surface area contributed by atoms with Gasteiger partial charge in [-0.1, -0.05) is 36.7 Å². The highest BCUT2D eigenvalue weighted by Crippen LogP contribution is 2.26. The summed E-state index contributed by atoms with van der Waals surface area (Å²) in [5, 5.41) is 5.58. The van der Waals surface area contributed by atoms with Crippen LogP contribution in [0.15, 0.2) is 24.3 Å². The first-order valence-electron chi connectivity index (χ1n) is 7.20. The van der Waals surface area contributed by atoms with Crippen molar-refractivity contribution in [1.29, 1.82) is 0 Å². The molecule has 0 atom stereocenters. The zero-order valence-electron chi connectivity index (χ0n) is 11.7. The van der Waals surface area contributed by atoms with Crippen LogP contribution in [0.25, 0.3) is 0 Å². The molecule has 1 aromatic carbocycles. The summed E-state index contributed by atoms with van der Waals surface area (Å²) in [4.78, 5) is 6.17. The normalized spacial score (nSPS) is 14.7. The van der Waals surface area contributed by atoms with E-state index in [4.69, 9.17) is 16.6 Å². The number of halogens is 1. The van der Waals surface area contributed by atoms with E-state index < -0.39 is 0 Å². The standard InChI is InChI=1S/C16H19ClN2S/c1-2-14-15(10-18-12-7-8-12)20-16(19-14)9-11-5-3-4-6-13(11)17/h3-6,12,18H,2,7-10H2,1H3. The molecule has 0 bridgehead atoms. The quantitative estimate of drug-likeness (QED) is 0.865. The van der Waals surface area contributed by atoms with E-state index in [1.807, 2.05) is 29.5 Å². The molecule has 1 aliphatic rings. The molecule has 0 aliphatic heterocycles. The molecule has 0 spiro atoms. The van der Waals surface area contributed by atoms with E-state index in [1.165, 1.54) is 28.4 Å². The Morgan fingerprint density at radius 3 is 2.85 bits per heavy atom. The Labute approximate surface area is 129 Å². The minimum absolute atomic E-state index is 0.744. The van der Waals surface area contributed by atoms with Crippen molar-refractivity contribution in [3.63, 3.8) is 0 Å². The minimum atomic E-state index is 0.744. The van der Waals surface area contributed by atoms with Gasteiger partial charge in [0, 0.05) is 28.9 Å². The van der Waals surface area contributed by atoms with Crippen LogP contribution >= 0.6 is 22.9 Å². The maximum atomic E-state index is 6.23. The SMILES string of the molecule is CCc1nc(Cc2ccccc2Cl)sc1CNC1CC1. The molecule has 0 unspecified atom stereocenters. The lowest BCUT2D eigenvalue weighted by atomic mass is 10.1. The Morgan fingerprint density at radius 1 is 1.35 bits per heavy atom. The van der Waals surface area contributed by atoms with E-state index in [-0.39, 0.29) is 0 Å². The molecule has 106 valence electrons. The van der Waals surface area contributed by atoms with Crippen LogP contribution < -0.4 is 5.32 Å². The average Bonchev–Trinajstić information content (AvgIpc) is 3.20. The number of hydrogen-bond acceptors (Lipinski definition) is 3. The fourth-order valence-electron chi connectivity index (χ4n) is 2.26. The third kappa shape index (κ3) is 3.40. The first-order chi connectivity index (χ1) is 9.76. The van der Waals surface area contributed by atoms with E-state index in [0.29, 0.717) is 0 Å². The summed E-state index contributed by atoms with van der Waals surface area (Å²) < 4.78 is 0. The van der Waals surface area contributed by atoms with Crippen LogP contribution in [0.5, 0.6) is 0 Å². The first-order valence-corrected chi connectivity index (χ1v) is 8.40. The van der Waals surface area contributed by atoms with Crippen LogP contribution in [0.2, 0.25) is 5.02 Å². The smallest absolute Gasteiger partial charge is 0.0975 e. The van der Waals surface area contributed by atoms with Gasteiger partial charge >= 0.3 is 0 Å². The van der Waals surface area contributed by atoms with Crippen LogP contribution in [0, 0.1) is 0 Å². The van der Waals surface area contributed by atoms with Gasteiger partial charge in [0.1, 0.15) is 0 Å². The number of rotatable bonds is 6. The highest BCUT2D eigenvalue weighted by molar-refractivity contribution is 7.11. The topological polar surface area (TPSA) is 24.9 Å². The molecule has 1 heterocycles. The number of nitrogens with one attached hydrogen (secondary N) is 1. The largest absolute Gasteiger partial charge is 0.309 e. The second-order valence-electron chi connectivity index (χ2n) is 5.25. The van der Waals surface area contributed by atoms with Crippen molar-refractivity contribution in [2.45, 2.75) is 45.2 Å². The third-order valence-electron chi connectivity index (χ3n) is 3.59. The molecule has 1 fully saturated rings. The van der Waals surface area contributed by atoms with Gasteiger partial charge in [-0.3, -0.25) is 0 Å². The van der Waals surface area contributed by atoms with Gasteiger partial charge in [0.05, 0.1) is 10.7 Å². The maximum absolute atomic E-state index is 6.23. The van der Waals surface area contributed by atoms with Crippen molar-refractivity contribution in [2.75, 3.05) is 0 Å². The predicted octanol–water partition coefficient (Wildman–Crippen LogP) is 4.20. The van der Waals surface area contributed by atoms with Gasteiger partial charge in [-0.15, -0.1) is 11.3 Å². The van der Waals surface area contributed by atoms with Crippen LogP contribution in [-0.2, 0) is 19.4 Å². The third-order valence-corrected chi connectivity index (χ3v) is 5.05. The molecule has 0 amide bonds. The molecule has 20 heavy (non-hydrogen) atoms. The van der Waals surface area contributed by atoms with Gasteiger partial charge in [-0.05, 0) is 30.9 Å². The molecule has 3 rings (SSSR count). The van der Waals surface area contributed by atoms with Gasteiger partial charge < -0.3 is 5.32 Å². The van der Waals surface area contributed by atoms with Crippen molar-refractivity contribution in [3.05, 3.63) is 50.4 Å². The number of aromatic nitrogens is 1. The van der Waals surface area contributed by atoms with Gasteiger partial charge in [0.15, 0.2) is 0 Å². The number of aryl methyl sites for hydroxylation is 1. The monoisotopic (exact) mass is 306 g/mol. The molecular weight excluding hydrogens is 288 g/mol. The Kier molecular flexibility index (Phi) is 4.39. The lowest BCUT2D eigenvalue weighted by Gasteiger charge is -2.01. The maximum Gasteiger partial charge on any atom is 0.0975 e. The second kappa shape index (κ2) is 6.25. The summed E-state index contributed by atoms with van der Waals surface area (Å²) in [6, 6.07) is 8.77. The summed E-state index contributed by atoms with van der Waals surface area (Å²) in [6.45, 7) is 3.14. The zero-order valence-corrected chi connectivity index (χ0v) is 13.2. The Morgan fingerprint density at radius 2 is 2.15 bits per heavy atom. The fourth-order valence-corrected chi connectivity index (χ4v) is 3.59. The van der Waals surface area contributed by atoms with Gasteiger partial charge in [0.25, 0.3) is 0 Å². The van der Waals surface area contributed by atoms with Crippen LogP contribution in [0.1, 0.15) is 40.9 Å². The molecule has 1 N–H and O–H groups in total. The van der Waals surface area contributed by atoms with E-state index in [0.717, 1.165) is 36.0 Å². The Bertz CT molecular complexity index is 590. The molecule has 1 aliphatic carbocycles. The number of benzene rings is 1. The van der Waals surface area contributed by atoms with E-state index in [9.17, 15) is 0 Å². The molecule has 2 nitrogen and oxygen atoms in total. The molecule has 2 aromatic rings. The molecule has 4 heteroatoms. The van der Waals surface area contributed by atoms with Crippen molar-refractivity contribution >= 4 is 22.9 Å². The Hall–Kier alpha value is -0.900. The second-order valence-corrected chi connectivity index (χ2v) is 6.83. The summed E-state index contributed by atoms with van der Waals surface area (Å²) in [5.74, 6) is 0. The van der Waals surface area contributed by atoms with Crippen LogP contribution in [0.3, 0.4) is 0 Å². The molecular formula is C16H19ClN2S. The summed E-state index contributed by atoms with van der Waals surface area (Å²) in [7, 11) is 0. The molecule has 1 aromatic heterocycles. The van der Waals surface area contributed by atoms with Crippen LogP contribution in [0.4, 0.5) is 0 Å². The summed E-state index contributed by atoms with van der Waals surface area (Å²) >= 11 is 8.06. The van der Waals surface area contributed by atoms with Crippen molar-refractivity contribution < 1.29 is 0 Å². The van der Waals surface area contributed by atoms with Crippen molar-refractivity contribution in [3.8, 4) is 0 Å². The van der Waals surface area contributed by atoms with Gasteiger partial charge in [0.2, 0.25) is 0 Å². The zero-order chi connectivity index (χ0) is 13.9. The molecule has 0 saturated heterocycles. The molecule has 1 saturated carbocycles. The van der Waals surface area contributed by atoms with Crippen LogP contribution in [-0.4, -0.2) is 11.0 Å². The predicted molar refractivity (Wildman–Crippen MR) is 85.6 cm³/mol. The number of thiazole rings is 1. The Balaban J connectivity index is 1.74. The van der Waals surface area contributed by atoms with E-state index in [1.54, 1.807) is 0 Å². The highest BCUT2D eigenvalue weighted by atomic mass is 35.5. The fraction of sp³-hybridized carbons (Fsp3) is 0.438. The van der Waals surface area contributed by atoms with Gasteiger partial charge in [-0.2, -0.15) is 0 Å². The summed E-state index contributed by atoms with van der Waals surface area (Å²) in [6.07, 6.45) is 4.49. The lowest BCUT2D eigenvalue weighted by molar-refractivity contribution is 0.689. The summed E-state index contributed by atoms with van der Waals surface area (Å²) in [5.41, 5.74) is 2.40. The first kappa shape index (κ1) is 14.1. The highest BCUT2D eigenvalue weighted by Gasteiger charge is 2.21. The van der Waals surface area contributed by atoms with Gasteiger partial charge in [-0.25, -0.2) is 4.98 Å². The lowest BCUT2D eigenvalue weighted by Crippen LogP contribution is -2.15. The number of nitrogens with zero attached hydrogens (tertiary/aromatic N) is 1. The number of hydrogen-bond donors (Lipinski definition) is 1. The van der Waals surface area contributed by atoms with E-state index >= 15 is 0 Å². The van der Waals surface area contributed by atoms with Crippen molar-refractivity contribution in [2.24, 2.45) is 0 Å². The minimum Gasteiger partial charge on any atom is -0.309 e. The average molecular weight is 307 g/mol.